The van der Waals surface area contributed by atoms with Gasteiger partial charge in [-0.25, -0.2) is 0 Å². The molecule has 1 fully saturated rings. The fourth-order valence-electron chi connectivity index (χ4n) is 2.58. The molecule has 0 bridgehead atoms. The third kappa shape index (κ3) is 3.67. The molecule has 0 aromatic rings. The molecule has 1 atom stereocenters. The van der Waals surface area contributed by atoms with Gasteiger partial charge in [0, 0.05) is 38.3 Å². The molecule has 0 radical (unpaired) electrons. The van der Waals surface area contributed by atoms with Crippen LogP contribution in [-0.4, -0.2) is 48.8 Å². The van der Waals surface area contributed by atoms with Crippen molar-refractivity contribution in [2.45, 2.75) is 64.6 Å². The lowest BCUT2D eigenvalue weighted by atomic mass is 9.88. The number of hydrogen-bond acceptors (Lipinski definition) is 3. The van der Waals surface area contributed by atoms with Crippen molar-refractivity contribution in [1.82, 2.24) is 10.2 Å². The van der Waals surface area contributed by atoms with E-state index in [1.54, 1.807) is 7.11 Å². The fourth-order valence-corrected chi connectivity index (χ4v) is 2.58. The van der Waals surface area contributed by atoms with Crippen LogP contribution < -0.4 is 5.32 Å². The van der Waals surface area contributed by atoms with Crippen LogP contribution in [0, 0.1) is 0 Å². The minimum atomic E-state index is -0.0567. The Kier molecular flexibility index (Phi) is 4.99. The fraction of sp³-hybridized carbons (Fsp3) is 1.00. The van der Waals surface area contributed by atoms with Crippen LogP contribution in [0.4, 0.5) is 0 Å². The standard InChI is InChI=1S/C14H30N2O/c1-7-14(8-2)11-16(12(3)9-15-14)10-13(4,5)17-6/h12,15H,7-11H2,1-6H3. The topological polar surface area (TPSA) is 24.5 Å². The van der Waals surface area contributed by atoms with Crippen molar-refractivity contribution in [2.75, 3.05) is 26.7 Å². The minimum Gasteiger partial charge on any atom is -0.377 e. The van der Waals surface area contributed by atoms with E-state index in [4.69, 9.17) is 4.74 Å². The predicted molar refractivity (Wildman–Crippen MR) is 73.4 cm³/mol. The molecule has 0 aliphatic carbocycles. The maximum absolute atomic E-state index is 5.56. The van der Waals surface area contributed by atoms with E-state index in [2.05, 4.69) is 44.8 Å². The van der Waals surface area contributed by atoms with Crippen LogP contribution in [0.15, 0.2) is 0 Å². The number of nitrogens with zero attached hydrogens (tertiary/aromatic N) is 1. The Morgan fingerprint density at radius 3 is 2.41 bits per heavy atom. The number of methoxy groups -OCH3 is 1. The molecule has 1 unspecified atom stereocenters. The third-order valence-electron chi connectivity index (χ3n) is 4.39. The second-order valence-corrected chi connectivity index (χ2v) is 6.09. The summed E-state index contributed by atoms with van der Waals surface area (Å²) in [6.07, 6.45) is 2.39. The molecule has 0 saturated carbocycles. The van der Waals surface area contributed by atoms with Crippen LogP contribution >= 0.6 is 0 Å². The molecule has 1 heterocycles. The van der Waals surface area contributed by atoms with Crippen molar-refractivity contribution < 1.29 is 4.74 Å². The van der Waals surface area contributed by atoms with Crippen LogP contribution in [0.3, 0.4) is 0 Å². The number of ether oxygens (including phenoxy) is 1. The molecule has 1 rings (SSSR count). The summed E-state index contributed by atoms with van der Waals surface area (Å²) in [5.41, 5.74) is 0.245. The van der Waals surface area contributed by atoms with Gasteiger partial charge >= 0.3 is 0 Å². The lowest BCUT2D eigenvalue weighted by Crippen LogP contribution is -2.64. The number of nitrogens with one attached hydrogen (secondary N) is 1. The third-order valence-corrected chi connectivity index (χ3v) is 4.39. The van der Waals surface area contributed by atoms with Gasteiger partial charge in [0.2, 0.25) is 0 Å². The minimum absolute atomic E-state index is 0.0567. The smallest absolute Gasteiger partial charge is 0.0749 e. The summed E-state index contributed by atoms with van der Waals surface area (Å²) >= 11 is 0. The highest BCUT2D eigenvalue weighted by Gasteiger charge is 2.37. The average Bonchev–Trinajstić information content (AvgIpc) is 2.32. The Hall–Kier alpha value is -0.120. The monoisotopic (exact) mass is 242 g/mol. The van der Waals surface area contributed by atoms with Crippen LogP contribution in [0.5, 0.6) is 0 Å². The van der Waals surface area contributed by atoms with E-state index in [9.17, 15) is 0 Å². The molecule has 1 aliphatic rings. The van der Waals surface area contributed by atoms with E-state index < -0.39 is 0 Å². The van der Waals surface area contributed by atoms with Crippen LogP contribution in [-0.2, 0) is 4.74 Å². The van der Waals surface area contributed by atoms with Crippen LogP contribution in [0.2, 0.25) is 0 Å². The van der Waals surface area contributed by atoms with Gasteiger partial charge in [0.15, 0.2) is 0 Å². The summed E-state index contributed by atoms with van der Waals surface area (Å²) in [5, 5.41) is 3.73. The van der Waals surface area contributed by atoms with E-state index in [-0.39, 0.29) is 5.60 Å². The van der Waals surface area contributed by atoms with Crippen LogP contribution in [0.25, 0.3) is 0 Å². The van der Waals surface area contributed by atoms with Gasteiger partial charge in [0.25, 0.3) is 0 Å². The molecule has 102 valence electrons. The lowest BCUT2D eigenvalue weighted by Gasteiger charge is -2.48. The molecule has 0 aromatic carbocycles. The second-order valence-electron chi connectivity index (χ2n) is 6.09. The summed E-state index contributed by atoms with van der Waals surface area (Å²) < 4.78 is 5.56. The first kappa shape index (κ1) is 14.9. The molecule has 1 N–H and O–H groups in total. The number of rotatable bonds is 5. The van der Waals surface area contributed by atoms with Gasteiger partial charge < -0.3 is 10.1 Å². The summed E-state index contributed by atoms with van der Waals surface area (Å²) in [6.45, 7) is 14.4. The van der Waals surface area contributed by atoms with Gasteiger partial charge in [-0.3, -0.25) is 4.90 Å². The van der Waals surface area contributed by atoms with Gasteiger partial charge in [-0.15, -0.1) is 0 Å². The van der Waals surface area contributed by atoms with Gasteiger partial charge in [-0.2, -0.15) is 0 Å². The highest BCUT2D eigenvalue weighted by atomic mass is 16.5. The predicted octanol–water partition coefficient (Wildman–Crippen LogP) is 2.26. The molecule has 1 aliphatic heterocycles. The van der Waals surface area contributed by atoms with Crippen molar-refractivity contribution >= 4 is 0 Å². The highest BCUT2D eigenvalue weighted by molar-refractivity contribution is 4.96. The highest BCUT2D eigenvalue weighted by Crippen LogP contribution is 2.24. The number of hydrogen-bond donors (Lipinski definition) is 1. The molecule has 1 saturated heterocycles. The summed E-state index contributed by atoms with van der Waals surface area (Å²) in [7, 11) is 1.81. The Balaban J connectivity index is 2.70. The second kappa shape index (κ2) is 5.68. The zero-order chi connectivity index (χ0) is 13.1. The summed E-state index contributed by atoms with van der Waals surface area (Å²) in [5.74, 6) is 0. The maximum Gasteiger partial charge on any atom is 0.0749 e. The maximum atomic E-state index is 5.56. The SMILES string of the molecule is CCC1(CC)CN(CC(C)(C)OC)C(C)CN1. The molecule has 0 aromatic heterocycles. The van der Waals surface area contributed by atoms with Crippen molar-refractivity contribution in [2.24, 2.45) is 0 Å². The quantitative estimate of drug-likeness (QED) is 0.800. The van der Waals surface area contributed by atoms with E-state index >= 15 is 0 Å². The van der Waals surface area contributed by atoms with E-state index in [1.165, 1.54) is 12.8 Å². The lowest BCUT2D eigenvalue weighted by molar-refractivity contribution is -0.0349. The zero-order valence-corrected chi connectivity index (χ0v) is 12.5. The summed E-state index contributed by atoms with van der Waals surface area (Å²) in [4.78, 5) is 2.58. The van der Waals surface area contributed by atoms with Crippen molar-refractivity contribution in [3.63, 3.8) is 0 Å². The van der Waals surface area contributed by atoms with Gasteiger partial charge in [-0.05, 0) is 33.6 Å². The van der Waals surface area contributed by atoms with Gasteiger partial charge in [0.1, 0.15) is 0 Å². The molecule has 3 heteroatoms. The largest absolute Gasteiger partial charge is 0.377 e. The van der Waals surface area contributed by atoms with Crippen molar-refractivity contribution in [1.29, 1.82) is 0 Å². The first-order valence-electron chi connectivity index (χ1n) is 6.92. The van der Waals surface area contributed by atoms with Crippen molar-refractivity contribution in [3.05, 3.63) is 0 Å². The molecule has 0 amide bonds. The van der Waals surface area contributed by atoms with Crippen LogP contribution in [0.1, 0.15) is 47.5 Å². The Morgan fingerprint density at radius 1 is 1.35 bits per heavy atom. The van der Waals surface area contributed by atoms with E-state index in [1.807, 2.05) is 0 Å². The molecule has 17 heavy (non-hydrogen) atoms. The number of piperazine rings is 1. The molecule has 3 nitrogen and oxygen atoms in total. The Morgan fingerprint density at radius 2 is 1.94 bits per heavy atom. The molecular weight excluding hydrogens is 212 g/mol. The summed E-state index contributed by atoms with van der Waals surface area (Å²) in [6, 6.07) is 0.593. The average molecular weight is 242 g/mol. The first-order valence-corrected chi connectivity index (χ1v) is 6.92. The van der Waals surface area contributed by atoms with Crippen molar-refractivity contribution in [3.8, 4) is 0 Å². The van der Waals surface area contributed by atoms with Gasteiger partial charge in [-0.1, -0.05) is 13.8 Å². The van der Waals surface area contributed by atoms with Gasteiger partial charge in [0.05, 0.1) is 5.60 Å². The Bertz CT molecular complexity index is 236. The molecule has 0 spiro atoms. The normalized spacial score (nSPS) is 26.1. The molecular formula is C14H30N2O. The Labute approximate surface area is 107 Å². The van der Waals surface area contributed by atoms with E-state index in [0.717, 1.165) is 19.6 Å². The first-order chi connectivity index (χ1) is 7.88. The zero-order valence-electron chi connectivity index (χ0n) is 12.5. The van der Waals surface area contributed by atoms with E-state index in [0.29, 0.717) is 11.6 Å².